The summed E-state index contributed by atoms with van der Waals surface area (Å²) in [5, 5.41) is 28.8. The second-order valence-corrected chi connectivity index (χ2v) is 5.14. The van der Waals surface area contributed by atoms with Crippen LogP contribution in [0.25, 0.3) is 5.69 Å². The second-order valence-electron chi connectivity index (χ2n) is 4.16. The molecule has 2 aromatic heterocycles. The maximum Gasteiger partial charge on any atom is 0.134 e. The van der Waals surface area contributed by atoms with Crippen LogP contribution >= 0.6 is 11.3 Å². The molecule has 1 aromatic carbocycles. The van der Waals surface area contributed by atoms with E-state index in [1.165, 1.54) is 11.3 Å². The summed E-state index contributed by atoms with van der Waals surface area (Å²) in [4.78, 5) is 0.830. The van der Waals surface area contributed by atoms with E-state index in [0.717, 1.165) is 10.6 Å². The van der Waals surface area contributed by atoms with Crippen LogP contribution in [-0.2, 0) is 0 Å². The van der Waals surface area contributed by atoms with Crippen LogP contribution in [-0.4, -0.2) is 20.1 Å². The second kappa shape index (κ2) is 5.25. The van der Waals surface area contributed by atoms with Crippen LogP contribution in [0.5, 0.6) is 0 Å². The third-order valence-corrected chi connectivity index (χ3v) is 3.79. The van der Waals surface area contributed by atoms with Crippen molar-refractivity contribution in [1.82, 2.24) is 15.0 Å². The van der Waals surface area contributed by atoms with Gasteiger partial charge in [-0.3, -0.25) is 0 Å². The van der Waals surface area contributed by atoms with Crippen molar-refractivity contribution in [1.29, 1.82) is 5.26 Å². The van der Waals surface area contributed by atoms with E-state index in [4.69, 9.17) is 5.26 Å². The van der Waals surface area contributed by atoms with Gasteiger partial charge in [-0.25, -0.2) is 4.68 Å². The van der Waals surface area contributed by atoms with Crippen molar-refractivity contribution in [3.8, 4) is 11.8 Å². The highest BCUT2D eigenvalue weighted by Crippen LogP contribution is 2.24. The first-order chi connectivity index (χ1) is 9.78. The Balaban J connectivity index is 1.88. The minimum absolute atomic E-state index is 0.497. The number of thiophene rings is 1. The fourth-order valence-electron chi connectivity index (χ4n) is 1.81. The molecule has 2 heterocycles. The van der Waals surface area contributed by atoms with E-state index in [9.17, 15) is 5.11 Å². The molecular weight excluding hydrogens is 272 g/mol. The molecule has 0 unspecified atom stereocenters. The molecule has 0 aliphatic heterocycles. The number of rotatable bonds is 3. The molecule has 3 aromatic rings. The van der Waals surface area contributed by atoms with E-state index in [1.807, 2.05) is 17.5 Å². The molecule has 3 rings (SSSR count). The lowest BCUT2D eigenvalue weighted by molar-refractivity contribution is 0.219. The summed E-state index contributed by atoms with van der Waals surface area (Å²) in [6.45, 7) is 0. The molecular formula is C14H10N4OS. The Morgan fingerprint density at radius 1 is 1.25 bits per heavy atom. The van der Waals surface area contributed by atoms with Gasteiger partial charge in [0.2, 0.25) is 0 Å². The molecule has 0 spiro atoms. The van der Waals surface area contributed by atoms with Crippen LogP contribution < -0.4 is 0 Å². The fourth-order valence-corrected chi connectivity index (χ4v) is 2.53. The lowest BCUT2D eigenvalue weighted by Gasteiger charge is -2.03. The van der Waals surface area contributed by atoms with Crippen LogP contribution in [0, 0.1) is 11.3 Å². The van der Waals surface area contributed by atoms with Gasteiger partial charge in [0.1, 0.15) is 11.8 Å². The number of aliphatic hydroxyl groups is 1. The van der Waals surface area contributed by atoms with Crippen LogP contribution in [0.2, 0.25) is 0 Å². The lowest BCUT2D eigenvalue weighted by atomic mass is 10.2. The molecule has 0 aliphatic rings. The van der Waals surface area contributed by atoms with E-state index in [2.05, 4.69) is 16.4 Å². The molecule has 0 saturated carbocycles. The van der Waals surface area contributed by atoms with E-state index in [-0.39, 0.29) is 0 Å². The van der Waals surface area contributed by atoms with E-state index in [1.54, 1.807) is 35.1 Å². The molecule has 1 atom stereocenters. The molecule has 0 bridgehead atoms. The van der Waals surface area contributed by atoms with E-state index < -0.39 is 6.10 Å². The standard InChI is InChI=1S/C14H10N4OS/c15-8-10-3-5-11(6-4-10)18-9-12(16-17-18)14(19)13-2-1-7-20-13/h1-7,9,14,19H/t14-/m0/s1. The number of nitrogens with zero attached hydrogens (tertiary/aromatic N) is 4. The van der Waals surface area contributed by atoms with Gasteiger partial charge in [-0.15, -0.1) is 16.4 Å². The molecule has 0 fully saturated rings. The van der Waals surface area contributed by atoms with Gasteiger partial charge in [-0.2, -0.15) is 5.26 Å². The number of hydrogen-bond acceptors (Lipinski definition) is 5. The lowest BCUT2D eigenvalue weighted by Crippen LogP contribution is -1.97. The first-order valence-electron chi connectivity index (χ1n) is 5.92. The average Bonchev–Trinajstić information content (AvgIpc) is 3.18. The maximum atomic E-state index is 10.2. The normalized spacial score (nSPS) is 12.0. The largest absolute Gasteiger partial charge is 0.381 e. The zero-order chi connectivity index (χ0) is 13.9. The van der Waals surface area contributed by atoms with Gasteiger partial charge in [-0.05, 0) is 35.7 Å². The van der Waals surface area contributed by atoms with E-state index >= 15 is 0 Å². The quantitative estimate of drug-likeness (QED) is 0.799. The zero-order valence-corrected chi connectivity index (χ0v) is 11.2. The molecule has 0 aliphatic carbocycles. The highest BCUT2D eigenvalue weighted by Gasteiger charge is 2.15. The molecule has 6 heteroatoms. The summed E-state index contributed by atoms with van der Waals surface area (Å²) in [5.74, 6) is 0. The predicted molar refractivity (Wildman–Crippen MR) is 74.5 cm³/mol. The summed E-state index contributed by atoms with van der Waals surface area (Å²) in [6.07, 6.45) is 0.924. The summed E-state index contributed by atoms with van der Waals surface area (Å²) < 4.78 is 1.58. The Bertz CT molecular complexity index is 740. The predicted octanol–water partition coefficient (Wildman–Crippen LogP) is 2.28. The first kappa shape index (κ1) is 12.5. The minimum Gasteiger partial charge on any atom is -0.381 e. The van der Waals surface area contributed by atoms with Crippen LogP contribution in [0.3, 0.4) is 0 Å². The molecule has 1 N–H and O–H groups in total. The Kier molecular flexibility index (Phi) is 3.29. The van der Waals surface area contributed by atoms with E-state index in [0.29, 0.717) is 11.3 Å². The number of nitriles is 1. The van der Waals surface area contributed by atoms with Crippen molar-refractivity contribution in [2.75, 3.05) is 0 Å². The molecule has 20 heavy (non-hydrogen) atoms. The highest BCUT2D eigenvalue weighted by atomic mass is 32.1. The third-order valence-electron chi connectivity index (χ3n) is 2.86. The monoisotopic (exact) mass is 282 g/mol. The number of aliphatic hydroxyl groups excluding tert-OH is 1. The summed E-state index contributed by atoms with van der Waals surface area (Å²) >= 11 is 1.47. The topological polar surface area (TPSA) is 74.7 Å². The van der Waals surface area contributed by atoms with Gasteiger partial charge < -0.3 is 5.11 Å². The van der Waals surface area contributed by atoms with Crippen molar-refractivity contribution >= 4 is 11.3 Å². The van der Waals surface area contributed by atoms with Crippen molar-refractivity contribution in [2.24, 2.45) is 0 Å². The first-order valence-corrected chi connectivity index (χ1v) is 6.80. The number of hydrogen-bond donors (Lipinski definition) is 1. The SMILES string of the molecule is N#Cc1ccc(-n2cc([C@H](O)c3cccs3)nn2)cc1. The Hall–Kier alpha value is -2.49. The van der Waals surface area contributed by atoms with Crippen LogP contribution in [0.1, 0.15) is 22.2 Å². The van der Waals surface area contributed by atoms with Crippen LogP contribution in [0.15, 0.2) is 48.0 Å². The van der Waals surface area contributed by atoms with Gasteiger partial charge in [0.05, 0.1) is 23.5 Å². The molecule has 98 valence electrons. The fraction of sp³-hybridized carbons (Fsp3) is 0.0714. The Labute approximate surface area is 119 Å². The maximum absolute atomic E-state index is 10.2. The van der Waals surface area contributed by atoms with Crippen molar-refractivity contribution < 1.29 is 5.11 Å². The van der Waals surface area contributed by atoms with Gasteiger partial charge in [0, 0.05) is 4.88 Å². The number of aromatic nitrogens is 3. The van der Waals surface area contributed by atoms with Gasteiger partial charge in [0.25, 0.3) is 0 Å². The minimum atomic E-state index is -0.762. The molecule has 0 saturated heterocycles. The van der Waals surface area contributed by atoms with Crippen molar-refractivity contribution in [2.45, 2.75) is 6.10 Å². The van der Waals surface area contributed by atoms with Crippen molar-refractivity contribution in [3.05, 3.63) is 64.1 Å². The summed E-state index contributed by atoms with van der Waals surface area (Å²) in [7, 11) is 0. The van der Waals surface area contributed by atoms with Crippen molar-refractivity contribution in [3.63, 3.8) is 0 Å². The summed E-state index contributed by atoms with van der Waals surface area (Å²) in [6, 6.07) is 12.8. The average molecular weight is 282 g/mol. The van der Waals surface area contributed by atoms with Gasteiger partial charge in [0.15, 0.2) is 0 Å². The van der Waals surface area contributed by atoms with Crippen LogP contribution in [0.4, 0.5) is 0 Å². The molecule has 0 amide bonds. The smallest absolute Gasteiger partial charge is 0.134 e. The molecule has 5 nitrogen and oxygen atoms in total. The third kappa shape index (κ3) is 2.32. The van der Waals surface area contributed by atoms with Gasteiger partial charge >= 0.3 is 0 Å². The number of benzene rings is 1. The highest BCUT2D eigenvalue weighted by molar-refractivity contribution is 7.10. The molecule has 0 radical (unpaired) electrons. The zero-order valence-electron chi connectivity index (χ0n) is 10.3. The Morgan fingerprint density at radius 2 is 2.05 bits per heavy atom. The summed E-state index contributed by atoms with van der Waals surface area (Å²) in [5.41, 5.74) is 1.88. The van der Waals surface area contributed by atoms with Gasteiger partial charge in [-0.1, -0.05) is 11.3 Å². The Morgan fingerprint density at radius 3 is 2.70 bits per heavy atom.